The van der Waals surface area contributed by atoms with Crippen molar-refractivity contribution in [2.75, 3.05) is 13.2 Å². The number of nitrogens with zero attached hydrogens (tertiary/aromatic N) is 2. The fraction of sp³-hybridized carbons (Fsp3) is 0.714. The number of aromatic nitrogens is 2. The number of nitrogens with one attached hydrogen (secondary N) is 1. The van der Waals surface area contributed by atoms with E-state index in [4.69, 9.17) is 4.74 Å². The van der Waals surface area contributed by atoms with Crippen molar-refractivity contribution in [2.45, 2.75) is 45.6 Å². The molecule has 0 aromatic carbocycles. The molecule has 1 saturated carbocycles. The van der Waals surface area contributed by atoms with Crippen molar-refractivity contribution in [3.8, 4) is 5.88 Å². The van der Waals surface area contributed by atoms with E-state index in [2.05, 4.69) is 22.2 Å². The van der Waals surface area contributed by atoms with Crippen molar-refractivity contribution in [3.05, 3.63) is 18.1 Å². The van der Waals surface area contributed by atoms with Crippen LogP contribution in [-0.2, 0) is 6.42 Å². The number of rotatable bonds is 8. The molecule has 1 unspecified atom stereocenters. The minimum atomic E-state index is 0.564. The average Bonchev–Trinajstić information content (AvgIpc) is 3.19. The summed E-state index contributed by atoms with van der Waals surface area (Å²) in [6.45, 7) is 5.91. The minimum absolute atomic E-state index is 0.564. The van der Waals surface area contributed by atoms with Crippen LogP contribution in [0.1, 0.15) is 38.8 Å². The summed E-state index contributed by atoms with van der Waals surface area (Å²) < 4.78 is 5.41. The molecule has 100 valence electrons. The molecule has 0 bridgehead atoms. The Morgan fingerprint density at radius 3 is 2.89 bits per heavy atom. The molecule has 1 aliphatic carbocycles. The lowest BCUT2D eigenvalue weighted by Gasteiger charge is -2.17. The molecule has 0 radical (unpaired) electrons. The summed E-state index contributed by atoms with van der Waals surface area (Å²) in [6, 6.07) is 2.53. The number of ether oxygens (including phenoxy) is 1. The highest BCUT2D eigenvalue weighted by Crippen LogP contribution is 2.34. The van der Waals surface area contributed by atoms with Crippen molar-refractivity contribution in [1.82, 2.24) is 15.3 Å². The second-order valence-electron chi connectivity index (χ2n) is 4.88. The molecule has 18 heavy (non-hydrogen) atoms. The Morgan fingerprint density at radius 1 is 1.39 bits per heavy atom. The van der Waals surface area contributed by atoms with Gasteiger partial charge in [-0.05, 0) is 38.6 Å². The first kappa shape index (κ1) is 13.3. The lowest BCUT2D eigenvalue weighted by Crippen LogP contribution is -2.34. The van der Waals surface area contributed by atoms with Crippen molar-refractivity contribution in [3.63, 3.8) is 0 Å². The van der Waals surface area contributed by atoms with Gasteiger partial charge in [-0.2, -0.15) is 0 Å². The van der Waals surface area contributed by atoms with Gasteiger partial charge in [-0.1, -0.05) is 6.92 Å². The van der Waals surface area contributed by atoms with Crippen LogP contribution in [0.5, 0.6) is 5.88 Å². The quantitative estimate of drug-likeness (QED) is 0.767. The van der Waals surface area contributed by atoms with E-state index in [1.165, 1.54) is 19.3 Å². The van der Waals surface area contributed by atoms with Crippen LogP contribution in [0.3, 0.4) is 0 Å². The minimum Gasteiger partial charge on any atom is -0.478 e. The van der Waals surface area contributed by atoms with E-state index in [9.17, 15) is 0 Å². The van der Waals surface area contributed by atoms with E-state index in [1.807, 2.05) is 13.0 Å². The van der Waals surface area contributed by atoms with Crippen LogP contribution >= 0.6 is 0 Å². The Kier molecular flexibility index (Phi) is 4.93. The van der Waals surface area contributed by atoms with Gasteiger partial charge in [-0.15, -0.1) is 0 Å². The maximum Gasteiger partial charge on any atom is 0.216 e. The van der Waals surface area contributed by atoms with Crippen LogP contribution in [0.15, 0.2) is 12.4 Å². The maximum atomic E-state index is 5.41. The van der Waals surface area contributed by atoms with Gasteiger partial charge in [0.15, 0.2) is 0 Å². The van der Waals surface area contributed by atoms with Crippen LogP contribution < -0.4 is 10.1 Å². The fourth-order valence-corrected chi connectivity index (χ4v) is 2.17. The lowest BCUT2D eigenvalue weighted by molar-refractivity contribution is 0.325. The first-order chi connectivity index (χ1) is 8.83. The smallest absolute Gasteiger partial charge is 0.216 e. The predicted molar refractivity (Wildman–Crippen MR) is 71.7 cm³/mol. The zero-order valence-electron chi connectivity index (χ0n) is 11.4. The summed E-state index contributed by atoms with van der Waals surface area (Å²) >= 11 is 0. The molecule has 0 aliphatic heterocycles. The van der Waals surface area contributed by atoms with Crippen molar-refractivity contribution in [2.24, 2.45) is 5.92 Å². The second-order valence-corrected chi connectivity index (χ2v) is 4.88. The standard InChI is InChI=1S/C14H23N3O/c1-3-7-15-13(11-5-6-11)8-12-9-14(18-4-2)17-10-16-12/h9-11,13,15H,3-8H2,1-2H3. The normalized spacial score (nSPS) is 16.6. The van der Waals surface area contributed by atoms with Crippen LogP contribution in [-0.4, -0.2) is 29.2 Å². The molecule has 0 saturated heterocycles. The monoisotopic (exact) mass is 249 g/mol. The third-order valence-corrected chi connectivity index (χ3v) is 3.27. The van der Waals surface area contributed by atoms with Gasteiger partial charge in [0.1, 0.15) is 6.33 Å². The maximum absolute atomic E-state index is 5.41. The van der Waals surface area contributed by atoms with Gasteiger partial charge in [-0.25, -0.2) is 9.97 Å². The Morgan fingerprint density at radius 2 is 2.22 bits per heavy atom. The Labute approximate surface area is 109 Å². The summed E-state index contributed by atoms with van der Waals surface area (Å²) in [4.78, 5) is 8.45. The molecule has 2 rings (SSSR count). The topological polar surface area (TPSA) is 47.0 Å². The lowest BCUT2D eigenvalue weighted by atomic mass is 10.1. The highest BCUT2D eigenvalue weighted by atomic mass is 16.5. The molecule has 1 atom stereocenters. The molecular weight excluding hydrogens is 226 g/mol. The summed E-state index contributed by atoms with van der Waals surface area (Å²) in [5.41, 5.74) is 1.08. The van der Waals surface area contributed by atoms with Gasteiger partial charge in [0.25, 0.3) is 0 Å². The summed E-state index contributed by atoms with van der Waals surface area (Å²) in [5, 5.41) is 3.63. The molecule has 0 spiro atoms. The van der Waals surface area contributed by atoms with Crippen LogP contribution in [0.2, 0.25) is 0 Å². The van der Waals surface area contributed by atoms with E-state index in [0.717, 1.165) is 24.6 Å². The van der Waals surface area contributed by atoms with Crippen molar-refractivity contribution >= 4 is 0 Å². The Bertz CT molecular complexity index is 366. The number of hydrogen-bond acceptors (Lipinski definition) is 4. The van der Waals surface area contributed by atoms with Gasteiger partial charge < -0.3 is 10.1 Å². The molecule has 4 heteroatoms. The molecule has 1 aliphatic rings. The zero-order chi connectivity index (χ0) is 12.8. The highest BCUT2D eigenvalue weighted by molar-refractivity contribution is 5.15. The molecule has 0 amide bonds. The van der Waals surface area contributed by atoms with Gasteiger partial charge in [0.2, 0.25) is 5.88 Å². The second kappa shape index (κ2) is 6.69. The Hall–Kier alpha value is -1.16. The molecular formula is C14H23N3O. The van der Waals surface area contributed by atoms with Gasteiger partial charge >= 0.3 is 0 Å². The van der Waals surface area contributed by atoms with Crippen LogP contribution in [0.4, 0.5) is 0 Å². The van der Waals surface area contributed by atoms with E-state index < -0.39 is 0 Å². The van der Waals surface area contributed by atoms with Gasteiger partial charge in [0, 0.05) is 24.2 Å². The largest absolute Gasteiger partial charge is 0.478 e. The third kappa shape index (κ3) is 3.95. The number of hydrogen-bond donors (Lipinski definition) is 1. The van der Waals surface area contributed by atoms with Crippen molar-refractivity contribution in [1.29, 1.82) is 0 Å². The SMILES string of the molecule is CCCNC(Cc1cc(OCC)ncn1)C1CC1. The fourth-order valence-electron chi connectivity index (χ4n) is 2.17. The first-order valence-electron chi connectivity index (χ1n) is 7.00. The molecule has 1 fully saturated rings. The Balaban J connectivity index is 1.94. The molecule has 1 aromatic rings. The third-order valence-electron chi connectivity index (χ3n) is 3.27. The van der Waals surface area contributed by atoms with Crippen LogP contribution in [0.25, 0.3) is 0 Å². The van der Waals surface area contributed by atoms with Crippen molar-refractivity contribution < 1.29 is 4.74 Å². The van der Waals surface area contributed by atoms with E-state index in [-0.39, 0.29) is 0 Å². The average molecular weight is 249 g/mol. The van der Waals surface area contributed by atoms with Crippen LogP contribution in [0, 0.1) is 5.92 Å². The van der Waals surface area contributed by atoms with Gasteiger partial charge in [0.05, 0.1) is 6.61 Å². The molecule has 4 nitrogen and oxygen atoms in total. The highest BCUT2D eigenvalue weighted by Gasteiger charge is 2.30. The summed E-state index contributed by atoms with van der Waals surface area (Å²) in [5.74, 6) is 1.52. The van der Waals surface area contributed by atoms with E-state index in [0.29, 0.717) is 18.5 Å². The molecule has 1 aromatic heterocycles. The molecule has 1 N–H and O–H groups in total. The zero-order valence-corrected chi connectivity index (χ0v) is 11.4. The first-order valence-corrected chi connectivity index (χ1v) is 7.00. The summed E-state index contributed by atoms with van der Waals surface area (Å²) in [6.07, 6.45) is 6.46. The molecule has 1 heterocycles. The summed E-state index contributed by atoms with van der Waals surface area (Å²) in [7, 11) is 0. The van der Waals surface area contributed by atoms with E-state index in [1.54, 1.807) is 6.33 Å². The van der Waals surface area contributed by atoms with E-state index >= 15 is 0 Å². The predicted octanol–water partition coefficient (Wildman–Crippen LogP) is 2.20. The van der Waals surface area contributed by atoms with Gasteiger partial charge in [-0.3, -0.25) is 0 Å².